The molecule has 0 spiro atoms. The number of piperazine rings is 1. The molecule has 3 heterocycles. The number of nitrogens with one attached hydrogen (secondary N) is 1. The Bertz CT molecular complexity index is 1070. The van der Waals surface area contributed by atoms with Crippen molar-refractivity contribution >= 4 is 28.4 Å². The summed E-state index contributed by atoms with van der Waals surface area (Å²) in [5, 5.41) is 3.43. The van der Waals surface area contributed by atoms with Gasteiger partial charge in [-0.25, -0.2) is 0 Å². The minimum atomic E-state index is -0.407. The smallest absolute Gasteiger partial charge is 0.280 e. The highest BCUT2D eigenvalue weighted by atomic mass is 16.2. The number of amides is 2. The maximum atomic E-state index is 12.8. The van der Waals surface area contributed by atoms with Crippen molar-refractivity contribution in [2.75, 3.05) is 33.2 Å². The molecule has 8 nitrogen and oxygen atoms in total. The zero-order valence-electron chi connectivity index (χ0n) is 17.4. The Morgan fingerprint density at radius 1 is 1.23 bits per heavy atom. The average molecular weight is 409 g/mol. The Morgan fingerprint density at radius 2 is 2.03 bits per heavy atom. The molecule has 2 amide bonds. The highest BCUT2D eigenvalue weighted by Crippen LogP contribution is 2.23. The lowest BCUT2D eigenvalue weighted by molar-refractivity contribution is -0.138. The normalized spacial score (nSPS) is 20.2. The van der Waals surface area contributed by atoms with Crippen molar-refractivity contribution in [1.82, 2.24) is 24.7 Å². The molecule has 0 saturated carbocycles. The molecule has 1 fully saturated rings. The summed E-state index contributed by atoms with van der Waals surface area (Å²) in [6.45, 7) is 4.41. The Kier molecular flexibility index (Phi) is 5.67. The molecule has 1 aromatic carbocycles. The van der Waals surface area contributed by atoms with E-state index in [4.69, 9.17) is 0 Å². The average Bonchev–Trinajstić information content (AvgIpc) is 2.76. The molecule has 1 N–H and O–H groups in total. The second-order valence-corrected chi connectivity index (χ2v) is 7.82. The van der Waals surface area contributed by atoms with Crippen molar-refractivity contribution in [1.29, 1.82) is 0 Å². The third kappa shape index (κ3) is 3.75. The molecule has 4 rings (SSSR count). The number of hydrogen-bond donors (Lipinski definition) is 1. The number of fused-ring (bicyclic) bond motifs is 1. The minimum Gasteiger partial charge on any atom is -0.353 e. The van der Waals surface area contributed by atoms with Gasteiger partial charge < -0.3 is 14.8 Å². The van der Waals surface area contributed by atoms with Gasteiger partial charge in [-0.15, -0.1) is 0 Å². The van der Waals surface area contributed by atoms with E-state index in [0.717, 1.165) is 23.6 Å². The highest BCUT2D eigenvalue weighted by Gasteiger charge is 2.31. The van der Waals surface area contributed by atoms with Crippen molar-refractivity contribution in [2.24, 2.45) is 0 Å². The van der Waals surface area contributed by atoms with Crippen LogP contribution >= 0.6 is 0 Å². The van der Waals surface area contributed by atoms with Gasteiger partial charge in [0.2, 0.25) is 11.8 Å². The van der Waals surface area contributed by atoms with Gasteiger partial charge in [0.1, 0.15) is 5.82 Å². The number of nitrogens with zero attached hydrogens (tertiary/aromatic N) is 4. The maximum absolute atomic E-state index is 12.8. The predicted octanol–water partition coefficient (Wildman–Crippen LogP) is 0.852. The summed E-state index contributed by atoms with van der Waals surface area (Å²) in [6.07, 6.45) is 3.53. The summed E-state index contributed by atoms with van der Waals surface area (Å²) in [5.74, 6) is 0.631. The van der Waals surface area contributed by atoms with Crippen molar-refractivity contribution in [2.45, 2.75) is 32.2 Å². The Labute approximate surface area is 175 Å². The molecule has 8 heteroatoms. The molecule has 1 aromatic heterocycles. The van der Waals surface area contributed by atoms with Crippen LogP contribution in [0.1, 0.15) is 25.6 Å². The predicted molar refractivity (Wildman–Crippen MR) is 115 cm³/mol. The Balaban J connectivity index is 1.56. The molecule has 2 aliphatic heterocycles. The van der Waals surface area contributed by atoms with E-state index in [0.29, 0.717) is 37.9 Å². The fourth-order valence-electron chi connectivity index (χ4n) is 4.23. The molecular formula is C22H27N5O3. The molecule has 2 aromatic rings. The number of carbonyl (C=O) groups is 2. The van der Waals surface area contributed by atoms with E-state index in [9.17, 15) is 14.4 Å². The largest absolute Gasteiger partial charge is 0.353 e. The van der Waals surface area contributed by atoms with E-state index >= 15 is 0 Å². The summed E-state index contributed by atoms with van der Waals surface area (Å²) in [7, 11) is 1.88. The number of benzene rings is 1. The van der Waals surface area contributed by atoms with Crippen molar-refractivity contribution in [3.63, 3.8) is 0 Å². The Morgan fingerprint density at radius 3 is 2.73 bits per heavy atom. The van der Waals surface area contributed by atoms with Crippen molar-refractivity contribution in [3.8, 4) is 0 Å². The van der Waals surface area contributed by atoms with Gasteiger partial charge in [0.25, 0.3) is 5.56 Å². The fraction of sp³-hybridized carbons (Fsp3) is 0.455. The SMILES string of the molecule is CCc1nc(=O)c2ccccc2n1C1=CCN(C(=O)CC2C(=O)NCCN2C)CC1. The number of aryl methyl sites for hydroxylation is 1. The third-order valence-corrected chi connectivity index (χ3v) is 5.97. The summed E-state index contributed by atoms with van der Waals surface area (Å²) < 4.78 is 2.06. The number of carbonyl (C=O) groups excluding carboxylic acids is 2. The molecule has 2 aliphatic rings. The van der Waals surface area contributed by atoms with E-state index in [1.54, 1.807) is 11.0 Å². The number of para-hydroxylation sites is 1. The summed E-state index contributed by atoms with van der Waals surface area (Å²) in [6, 6.07) is 7.09. The van der Waals surface area contributed by atoms with Crippen LogP contribution in [0.15, 0.2) is 35.1 Å². The topological polar surface area (TPSA) is 87.5 Å². The van der Waals surface area contributed by atoms with Crippen LogP contribution in [-0.2, 0) is 16.0 Å². The van der Waals surface area contributed by atoms with Gasteiger partial charge in [0.15, 0.2) is 0 Å². The maximum Gasteiger partial charge on any atom is 0.280 e. The first-order valence-corrected chi connectivity index (χ1v) is 10.5. The fourth-order valence-corrected chi connectivity index (χ4v) is 4.23. The van der Waals surface area contributed by atoms with Gasteiger partial charge >= 0.3 is 0 Å². The molecule has 1 saturated heterocycles. The van der Waals surface area contributed by atoms with Crippen LogP contribution in [0.3, 0.4) is 0 Å². The molecular weight excluding hydrogens is 382 g/mol. The van der Waals surface area contributed by atoms with Gasteiger partial charge in [-0.3, -0.25) is 19.3 Å². The first kappa shape index (κ1) is 20.3. The summed E-state index contributed by atoms with van der Waals surface area (Å²) in [5.41, 5.74) is 1.69. The first-order valence-electron chi connectivity index (χ1n) is 10.5. The quantitative estimate of drug-likeness (QED) is 0.809. The Hall–Kier alpha value is -3.00. The molecule has 0 aliphatic carbocycles. The van der Waals surface area contributed by atoms with E-state index in [2.05, 4.69) is 14.9 Å². The number of aromatic nitrogens is 2. The summed E-state index contributed by atoms with van der Waals surface area (Å²) >= 11 is 0. The van der Waals surface area contributed by atoms with E-state index in [-0.39, 0.29) is 23.8 Å². The van der Waals surface area contributed by atoms with Crippen LogP contribution in [0.25, 0.3) is 16.6 Å². The van der Waals surface area contributed by atoms with Gasteiger partial charge in [-0.05, 0) is 25.3 Å². The molecule has 1 unspecified atom stereocenters. The lowest BCUT2D eigenvalue weighted by atomic mass is 10.1. The number of hydrogen-bond acceptors (Lipinski definition) is 5. The van der Waals surface area contributed by atoms with Crippen LogP contribution in [0, 0.1) is 0 Å². The highest BCUT2D eigenvalue weighted by molar-refractivity contribution is 5.89. The molecule has 1 atom stereocenters. The van der Waals surface area contributed by atoms with Gasteiger partial charge in [-0.1, -0.05) is 19.1 Å². The van der Waals surface area contributed by atoms with Crippen LogP contribution < -0.4 is 10.9 Å². The van der Waals surface area contributed by atoms with E-state index in [1.807, 2.05) is 43.1 Å². The second-order valence-electron chi connectivity index (χ2n) is 7.82. The van der Waals surface area contributed by atoms with Gasteiger partial charge in [0.05, 0.1) is 23.4 Å². The van der Waals surface area contributed by atoms with E-state index < -0.39 is 6.04 Å². The van der Waals surface area contributed by atoms with Crippen LogP contribution in [0.2, 0.25) is 0 Å². The van der Waals surface area contributed by atoms with Crippen LogP contribution in [-0.4, -0.2) is 70.4 Å². The summed E-state index contributed by atoms with van der Waals surface area (Å²) in [4.78, 5) is 45.3. The second kappa shape index (κ2) is 8.39. The first-order chi connectivity index (χ1) is 14.5. The van der Waals surface area contributed by atoms with Crippen LogP contribution in [0.5, 0.6) is 0 Å². The van der Waals surface area contributed by atoms with Gasteiger partial charge in [0, 0.05) is 44.7 Å². The molecule has 0 bridgehead atoms. The lowest BCUT2D eigenvalue weighted by Gasteiger charge is -2.34. The van der Waals surface area contributed by atoms with Crippen LogP contribution in [0.4, 0.5) is 0 Å². The van der Waals surface area contributed by atoms with Crippen molar-refractivity contribution < 1.29 is 9.59 Å². The third-order valence-electron chi connectivity index (χ3n) is 5.97. The molecule has 30 heavy (non-hydrogen) atoms. The molecule has 0 radical (unpaired) electrons. The van der Waals surface area contributed by atoms with Crippen molar-refractivity contribution in [3.05, 3.63) is 46.5 Å². The monoisotopic (exact) mass is 409 g/mol. The number of likely N-dealkylation sites (N-methyl/N-ethyl adjacent to an activating group) is 1. The standard InChI is InChI=1S/C22H27N5O3/c1-3-19-24-21(29)16-6-4-5-7-17(16)27(19)15-8-11-26(12-9-15)20(28)14-18-22(30)23-10-13-25(18)2/h4-8,18H,3,9-14H2,1-2H3,(H,23,30). The minimum absolute atomic E-state index is 0.0159. The molecule has 158 valence electrons. The van der Waals surface area contributed by atoms with E-state index in [1.165, 1.54) is 0 Å². The zero-order valence-corrected chi connectivity index (χ0v) is 17.4. The van der Waals surface area contributed by atoms with Gasteiger partial charge in [-0.2, -0.15) is 4.98 Å². The zero-order chi connectivity index (χ0) is 21.3. The lowest BCUT2D eigenvalue weighted by Crippen LogP contribution is -2.55. The number of rotatable bonds is 4.